The summed E-state index contributed by atoms with van der Waals surface area (Å²) in [6.07, 6.45) is 2.68. The number of nitrogens with zero attached hydrogens (tertiary/aromatic N) is 1. The number of aromatic nitrogens is 1. The van der Waals surface area contributed by atoms with E-state index in [2.05, 4.69) is 11.9 Å². The molecule has 1 fully saturated rings. The third-order valence-corrected chi connectivity index (χ3v) is 5.55. The van der Waals surface area contributed by atoms with Crippen molar-refractivity contribution in [3.8, 4) is 11.5 Å². The molecule has 2 aromatic rings. The van der Waals surface area contributed by atoms with Crippen LogP contribution in [0.5, 0.6) is 11.5 Å². The molecule has 1 aliphatic heterocycles. The quantitative estimate of drug-likeness (QED) is 0.892. The second-order valence-corrected chi connectivity index (χ2v) is 7.16. The molecule has 21 heavy (non-hydrogen) atoms. The fourth-order valence-electron chi connectivity index (χ4n) is 3.20. The van der Waals surface area contributed by atoms with Gasteiger partial charge in [-0.1, -0.05) is 24.7 Å². The lowest BCUT2D eigenvalue weighted by atomic mass is 9.65. The second kappa shape index (κ2) is 4.48. The van der Waals surface area contributed by atoms with Crippen LogP contribution in [0.15, 0.2) is 6.07 Å². The Hall–Kier alpha value is -1.53. The maximum absolute atomic E-state index is 10.8. The smallest absolute Gasteiger partial charge is 0.181 e. The molecule has 3 N–H and O–H groups in total. The molecule has 6 heteroatoms. The number of anilines is 1. The molecule has 0 amide bonds. The predicted molar refractivity (Wildman–Crippen MR) is 81.9 cm³/mol. The zero-order valence-corrected chi connectivity index (χ0v) is 12.7. The number of hydrogen-bond acceptors (Lipinski definition) is 6. The molecule has 1 saturated carbocycles. The fourth-order valence-corrected chi connectivity index (χ4v) is 4.06. The van der Waals surface area contributed by atoms with Crippen LogP contribution in [0.4, 0.5) is 5.13 Å². The first kappa shape index (κ1) is 13.2. The van der Waals surface area contributed by atoms with Gasteiger partial charge in [0, 0.05) is 5.56 Å². The van der Waals surface area contributed by atoms with Crippen molar-refractivity contribution < 1.29 is 14.6 Å². The number of aliphatic hydroxyl groups is 1. The molecule has 1 unspecified atom stereocenters. The van der Waals surface area contributed by atoms with Gasteiger partial charge in [0.05, 0.1) is 11.6 Å². The lowest BCUT2D eigenvalue weighted by Crippen LogP contribution is -2.33. The van der Waals surface area contributed by atoms with Gasteiger partial charge in [0.25, 0.3) is 0 Å². The summed E-state index contributed by atoms with van der Waals surface area (Å²) >= 11 is 1.39. The van der Waals surface area contributed by atoms with Gasteiger partial charge in [-0.3, -0.25) is 0 Å². The van der Waals surface area contributed by atoms with E-state index in [9.17, 15) is 5.11 Å². The van der Waals surface area contributed by atoms with Crippen molar-refractivity contribution in [3.63, 3.8) is 0 Å². The minimum Gasteiger partial charge on any atom is -0.486 e. The van der Waals surface area contributed by atoms with E-state index in [1.165, 1.54) is 17.8 Å². The van der Waals surface area contributed by atoms with Crippen molar-refractivity contribution in [1.82, 2.24) is 4.98 Å². The van der Waals surface area contributed by atoms with Crippen LogP contribution >= 0.6 is 11.3 Å². The summed E-state index contributed by atoms with van der Waals surface area (Å²) in [6, 6.07) is 1.88. The van der Waals surface area contributed by atoms with E-state index < -0.39 is 6.10 Å². The highest BCUT2D eigenvalue weighted by atomic mass is 32.1. The minimum absolute atomic E-state index is 0.0743. The van der Waals surface area contributed by atoms with Crippen LogP contribution in [-0.4, -0.2) is 23.3 Å². The number of nitrogen functional groups attached to an aromatic ring is 1. The maximum atomic E-state index is 10.8. The molecular formula is C15H18N2O3S. The van der Waals surface area contributed by atoms with Gasteiger partial charge in [-0.15, -0.1) is 0 Å². The van der Waals surface area contributed by atoms with Crippen LogP contribution < -0.4 is 15.2 Å². The first-order chi connectivity index (χ1) is 10.1. The summed E-state index contributed by atoms with van der Waals surface area (Å²) < 4.78 is 12.3. The highest BCUT2D eigenvalue weighted by molar-refractivity contribution is 7.22. The first-order valence-corrected chi connectivity index (χ1v) is 8.07. The Bertz CT molecular complexity index is 708. The largest absolute Gasteiger partial charge is 0.486 e. The van der Waals surface area contributed by atoms with E-state index in [4.69, 9.17) is 15.2 Å². The predicted octanol–water partition coefficient (Wildman–Crippen LogP) is 2.87. The molecule has 112 valence electrons. The Labute approximate surface area is 126 Å². The van der Waals surface area contributed by atoms with Gasteiger partial charge < -0.3 is 20.3 Å². The van der Waals surface area contributed by atoms with Crippen molar-refractivity contribution in [2.75, 3.05) is 18.9 Å². The minimum atomic E-state index is -0.550. The van der Waals surface area contributed by atoms with Crippen molar-refractivity contribution in [3.05, 3.63) is 11.6 Å². The Kier molecular flexibility index (Phi) is 2.81. The van der Waals surface area contributed by atoms with Crippen LogP contribution in [0.2, 0.25) is 0 Å². The standard InChI is InChI=1S/C15H18N2O3S/c1-15(3-2-4-15)13(18)8-7-9-11(20-6-5-19-9)12-10(8)17-14(16)21-12/h7,13,18H,2-6H2,1H3,(H2,16,17). The number of nitrogens with two attached hydrogens (primary N) is 1. The number of rotatable bonds is 2. The summed E-state index contributed by atoms with van der Waals surface area (Å²) in [6.45, 7) is 3.18. The normalized spacial score (nSPS) is 21.0. The van der Waals surface area contributed by atoms with Gasteiger partial charge in [-0.25, -0.2) is 4.98 Å². The highest BCUT2D eigenvalue weighted by Crippen LogP contribution is 2.53. The monoisotopic (exact) mass is 306 g/mol. The molecule has 2 aliphatic rings. The molecule has 2 heterocycles. The molecule has 0 spiro atoms. The number of thiazole rings is 1. The molecule has 1 aromatic carbocycles. The van der Waals surface area contributed by atoms with Crippen LogP contribution in [0.3, 0.4) is 0 Å². The Morgan fingerprint density at radius 3 is 2.86 bits per heavy atom. The number of aliphatic hydroxyl groups excluding tert-OH is 1. The molecule has 0 radical (unpaired) electrons. The molecule has 1 aliphatic carbocycles. The lowest BCUT2D eigenvalue weighted by Gasteiger charge is -2.42. The van der Waals surface area contributed by atoms with Gasteiger partial charge in [-0.05, 0) is 24.3 Å². The van der Waals surface area contributed by atoms with Crippen LogP contribution in [-0.2, 0) is 0 Å². The molecule has 0 bridgehead atoms. The summed E-state index contributed by atoms with van der Waals surface area (Å²) in [4.78, 5) is 4.41. The van der Waals surface area contributed by atoms with Crippen molar-refractivity contribution in [2.45, 2.75) is 32.3 Å². The maximum Gasteiger partial charge on any atom is 0.181 e. The summed E-state index contributed by atoms with van der Waals surface area (Å²) in [7, 11) is 0. The van der Waals surface area contributed by atoms with Crippen LogP contribution in [0, 0.1) is 5.41 Å². The van der Waals surface area contributed by atoms with Crippen molar-refractivity contribution in [2.24, 2.45) is 5.41 Å². The molecule has 1 aromatic heterocycles. The van der Waals surface area contributed by atoms with Gasteiger partial charge in [-0.2, -0.15) is 0 Å². The molecular weight excluding hydrogens is 288 g/mol. The highest BCUT2D eigenvalue weighted by Gasteiger charge is 2.41. The summed E-state index contributed by atoms with van der Waals surface area (Å²) in [5.74, 6) is 1.40. The molecule has 5 nitrogen and oxygen atoms in total. The third kappa shape index (κ3) is 1.89. The van der Waals surface area contributed by atoms with Crippen LogP contribution in [0.25, 0.3) is 10.2 Å². The van der Waals surface area contributed by atoms with Gasteiger partial charge in [0.1, 0.15) is 17.9 Å². The first-order valence-electron chi connectivity index (χ1n) is 7.25. The SMILES string of the molecule is CC1(C(O)c2cc3c(c4sc(N)nc24)OCCO3)CCC1. The number of ether oxygens (including phenoxy) is 2. The van der Waals surface area contributed by atoms with Gasteiger partial charge in [0.15, 0.2) is 16.6 Å². The summed E-state index contributed by atoms with van der Waals surface area (Å²) in [5.41, 5.74) is 7.37. The Morgan fingerprint density at radius 1 is 1.38 bits per heavy atom. The van der Waals surface area contributed by atoms with Crippen molar-refractivity contribution in [1.29, 1.82) is 0 Å². The zero-order valence-electron chi connectivity index (χ0n) is 11.9. The summed E-state index contributed by atoms with van der Waals surface area (Å²) in [5, 5.41) is 11.3. The molecule has 1 atom stereocenters. The molecule has 0 saturated heterocycles. The Morgan fingerprint density at radius 2 is 2.14 bits per heavy atom. The van der Waals surface area contributed by atoms with Crippen molar-refractivity contribution >= 4 is 26.7 Å². The second-order valence-electron chi connectivity index (χ2n) is 6.13. The number of benzene rings is 1. The van der Waals surface area contributed by atoms with E-state index in [0.29, 0.717) is 29.8 Å². The van der Waals surface area contributed by atoms with E-state index in [-0.39, 0.29) is 5.41 Å². The Balaban J connectivity index is 1.92. The van der Waals surface area contributed by atoms with Gasteiger partial charge in [0.2, 0.25) is 0 Å². The lowest BCUT2D eigenvalue weighted by molar-refractivity contribution is -0.0213. The van der Waals surface area contributed by atoms with E-state index in [1.54, 1.807) is 0 Å². The van der Waals surface area contributed by atoms with E-state index in [0.717, 1.165) is 28.6 Å². The average Bonchev–Trinajstić information content (AvgIpc) is 2.85. The fraction of sp³-hybridized carbons (Fsp3) is 0.533. The number of hydrogen-bond donors (Lipinski definition) is 2. The van der Waals surface area contributed by atoms with E-state index in [1.807, 2.05) is 6.07 Å². The number of fused-ring (bicyclic) bond motifs is 3. The third-order valence-electron chi connectivity index (χ3n) is 4.67. The zero-order chi connectivity index (χ0) is 14.6. The van der Waals surface area contributed by atoms with Crippen LogP contribution in [0.1, 0.15) is 37.9 Å². The molecule has 4 rings (SSSR count). The van der Waals surface area contributed by atoms with E-state index >= 15 is 0 Å². The average molecular weight is 306 g/mol. The topological polar surface area (TPSA) is 77.6 Å². The van der Waals surface area contributed by atoms with Gasteiger partial charge >= 0.3 is 0 Å².